The Labute approximate surface area is 109 Å². The molecule has 18 heavy (non-hydrogen) atoms. The van der Waals surface area contributed by atoms with Crippen molar-refractivity contribution in [3.63, 3.8) is 0 Å². The van der Waals surface area contributed by atoms with Crippen molar-refractivity contribution in [2.45, 2.75) is 38.5 Å². The third-order valence-corrected chi connectivity index (χ3v) is 3.95. The molecule has 1 unspecified atom stereocenters. The van der Waals surface area contributed by atoms with Gasteiger partial charge >= 0.3 is 0 Å². The summed E-state index contributed by atoms with van der Waals surface area (Å²) in [5.41, 5.74) is 5.71. The number of nitrogens with zero attached hydrogens (tertiary/aromatic N) is 2. The summed E-state index contributed by atoms with van der Waals surface area (Å²) in [4.78, 5) is 4.47. The first-order chi connectivity index (χ1) is 8.72. The summed E-state index contributed by atoms with van der Waals surface area (Å²) in [6.07, 6.45) is 8.98. The van der Waals surface area contributed by atoms with E-state index < -0.39 is 0 Å². The summed E-state index contributed by atoms with van der Waals surface area (Å²) in [6, 6.07) is 6.93. The second kappa shape index (κ2) is 4.60. The average molecular weight is 240 g/mol. The predicted molar refractivity (Wildman–Crippen MR) is 73.8 cm³/mol. The van der Waals surface area contributed by atoms with Crippen molar-refractivity contribution < 1.29 is 0 Å². The minimum absolute atomic E-state index is 0.656. The minimum Gasteiger partial charge on any atom is -0.340 e. The lowest BCUT2D eigenvalue weighted by atomic mass is 9.80. The molecule has 0 N–H and O–H groups in total. The van der Waals surface area contributed by atoms with Crippen LogP contribution in [0.5, 0.6) is 0 Å². The number of aryl methyl sites for hydroxylation is 3. The van der Waals surface area contributed by atoms with Gasteiger partial charge in [-0.1, -0.05) is 23.8 Å². The Morgan fingerprint density at radius 1 is 1.39 bits per heavy atom. The molecule has 0 saturated heterocycles. The summed E-state index contributed by atoms with van der Waals surface area (Å²) in [5, 5.41) is 0. The Balaban J connectivity index is 1.88. The Kier molecular flexibility index (Phi) is 2.94. The quantitative estimate of drug-likeness (QED) is 0.786. The lowest BCUT2D eigenvalue weighted by Crippen LogP contribution is -2.12. The summed E-state index contributed by atoms with van der Waals surface area (Å²) >= 11 is 0. The number of rotatable bonds is 2. The van der Waals surface area contributed by atoms with E-state index >= 15 is 0 Å². The summed E-state index contributed by atoms with van der Waals surface area (Å²) in [5.74, 6) is 0.656. The van der Waals surface area contributed by atoms with Gasteiger partial charge in [0.15, 0.2) is 0 Å². The molecule has 2 aromatic rings. The zero-order chi connectivity index (χ0) is 12.5. The molecule has 2 heteroatoms. The standard InChI is InChI=1S/C16H20N2/c1-12-6-7-13-4-3-5-14(16(13)8-12)9-15-10-18(2)11-17-15/h6-8,10-11,14H,3-5,9H2,1-2H3. The molecule has 0 fully saturated rings. The van der Waals surface area contributed by atoms with Crippen molar-refractivity contribution in [2.75, 3.05) is 0 Å². The highest BCUT2D eigenvalue weighted by molar-refractivity contribution is 5.36. The molecular formula is C16H20N2. The molecule has 1 aliphatic carbocycles. The van der Waals surface area contributed by atoms with Crippen molar-refractivity contribution in [2.24, 2.45) is 7.05 Å². The minimum atomic E-state index is 0.656. The van der Waals surface area contributed by atoms with Gasteiger partial charge in [-0.2, -0.15) is 0 Å². The second-order valence-electron chi connectivity index (χ2n) is 5.53. The van der Waals surface area contributed by atoms with Gasteiger partial charge < -0.3 is 4.57 Å². The van der Waals surface area contributed by atoms with Crippen molar-refractivity contribution in [1.82, 2.24) is 9.55 Å². The van der Waals surface area contributed by atoms with Gasteiger partial charge in [0.25, 0.3) is 0 Å². The first-order valence-electron chi connectivity index (χ1n) is 6.78. The van der Waals surface area contributed by atoms with E-state index in [2.05, 4.69) is 36.3 Å². The first-order valence-corrected chi connectivity index (χ1v) is 6.78. The fourth-order valence-electron chi connectivity index (χ4n) is 3.05. The van der Waals surface area contributed by atoms with E-state index in [0.29, 0.717) is 5.92 Å². The number of aromatic nitrogens is 2. The molecule has 0 amide bonds. The van der Waals surface area contributed by atoms with Crippen molar-refractivity contribution in [1.29, 1.82) is 0 Å². The predicted octanol–water partition coefficient (Wildman–Crippen LogP) is 3.39. The molecule has 0 radical (unpaired) electrons. The maximum Gasteiger partial charge on any atom is 0.0946 e. The number of hydrogen-bond acceptors (Lipinski definition) is 1. The SMILES string of the molecule is Cc1ccc2c(c1)C(Cc1cn(C)cn1)CCC2. The van der Waals surface area contributed by atoms with Crippen LogP contribution in [0.2, 0.25) is 0 Å². The van der Waals surface area contributed by atoms with E-state index in [0.717, 1.165) is 6.42 Å². The normalized spacial score (nSPS) is 18.7. The van der Waals surface area contributed by atoms with Gasteiger partial charge in [0.05, 0.1) is 12.0 Å². The van der Waals surface area contributed by atoms with Gasteiger partial charge in [0.2, 0.25) is 0 Å². The first kappa shape index (κ1) is 11.5. The molecule has 0 saturated carbocycles. The number of imidazole rings is 1. The Morgan fingerprint density at radius 2 is 2.28 bits per heavy atom. The van der Waals surface area contributed by atoms with Crippen LogP contribution < -0.4 is 0 Å². The fourth-order valence-corrected chi connectivity index (χ4v) is 3.05. The van der Waals surface area contributed by atoms with Crippen LogP contribution in [0.3, 0.4) is 0 Å². The molecule has 0 aliphatic heterocycles. The van der Waals surface area contributed by atoms with Crippen molar-refractivity contribution in [3.05, 3.63) is 53.1 Å². The largest absolute Gasteiger partial charge is 0.340 e. The molecule has 0 spiro atoms. The van der Waals surface area contributed by atoms with Crippen LogP contribution in [0.1, 0.15) is 41.1 Å². The van der Waals surface area contributed by atoms with Gasteiger partial charge in [-0.25, -0.2) is 4.98 Å². The Morgan fingerprint density at radius 3 is 3.06 bits per heavy atom. The van der Waals surface area contributed by atoms with Gasteiger partial charge in [0.1, 0.15) is 0 Å². The molecule has 1 atom stereocenters. The van der Waals surface area contributed by atoms with Gasteiger partial charge in [-0.15, -0.1) is 0 Å². The van der Waals surface area contributed by atoms with Crippen LogP contribution in [-0.4, -0.2) is 9.55 Å². The van der Waals surface area contributed by atoms with Crippen LogP contribution in [-0.2, 0) is 19.9 Å². The molecular weight excluding hydrogens is 220 g/mol. The lowest BCUT2D eigenvalue weighted by Gasteiger charge is -2.25. The fraction of sp³-hybridized carbons (Fsp3) is 0.438. The summed E-state index contributed by atoms with van der Waals surface area (Å²) in [7, 11) is 2.04. The highest BCUT2D eigenvalue weighted by atomic mass is 15.0. The van der Waals surface area contributed by atoms with Crippen LogP contribution in [0.25, 0.3) is 0 Å². The highest BCUT2D eigenvalue weighted by Gasteiger charge is 2.21. The molecule has 94 valence electrons. The molecule has 3 rings (SSSR count). The van der Waals surface area contributed by atoms with Crippen LogP contribution in [0, 0.1) is 6.92 Å². The summed E-state index contributed by atoms with van der Waals surface area (Å²) < 4.78 is 2.04. The maximum atomic E-state index is 4.47. The van der Waals surface area contributed by atoms with Crippen LogP contribution in [0.4, 0.5) is 0 Å². The Hall–Kier alpha value is -1.57. The zero-order valence-corrected chi connectivity index (χ0v) is 11.2. The van der Waals surface area contributed by atoms with E-state index in [9.17, 15) is 0 Å². The van der Waals surface area contributed by atoms with Crippen LogP contribution in [0.15, 0.2) is 30.7 Å². The zero-order valence-electron chi connectivity index (χ0n) is 11.2. The van der Waals surface area contributed by atoms with Crippen molar-refractivity contribution >= 4 is 0 Å². The van der Waals surface area contributed by atoms with Gasteiger partial charge in [-0.05, 0) is 49.7 Å². The lowest BCUT2D eigenvalue weighted by molar-refractivity contribution is 0.546. The highest BCUT2D eigenvalue weighted by Crippen LogP contribution is 2.34. The van der Waals surface area contributed by atoms with Crippen molar-refractivity contribution in [3.8, 4) is 0 Å². The third kappa shape index (κ3) is 2.20. The Bertz CT molecular complexity index is 554. The average Bonchev–Trinajstić information content (AvgIpc) is 2.76. The number of benzene rings is 1. The van der Waals surface area contributed by atoms with Crippen LogP contribution >= 0.6 is 0 Å². The van der Waals surface area contributed by atoms with Gasteiger partial charge in [0, 0.05) is 13.2 Å². The second-order valence-corrected chi connectivity index (χ2v) is 5.53. The number of fused-ring (bicyclic) bond motifs is 1. The smallest absolute Gasteiger partial charge is 0.0946 e. The third-order valence-electron chi connectivity index (χ3n) is 3.95. The van der Waals surface area contributed by atoms with E-state index in [1.54, 1.807) is 11.1 Å². The molecule has 2 nitrogen and oxygen atoms in total. The molecule has 1 heterocycles. The monoisotopic (exact) mass is 240 g/mol. The molecule has 1 aromatic heterocycles. The van der Waals surface area contributed by atoms with E-state index in [1.807, 2.05) is 17.9 Å². The van der Waals surface area contributed by atoms with E-state index in [-0.39, 0.29) is 0 Å². The summed E-state index contributed by atoms with van der Waals surface area (Å²) in [6.45, 7) is 2.19. The van der Waals surface area contributed by atoms with Gasteiger partial charge in [-0.3, -0.25) is 0 Å². The van der Waals surface area contributed by atoms with E-state index in [4.69, 9.17) is 0 Å². The topological polar surface area (TPSA) is 17.8 Å². The number of hydrogen-bond donors (Lipinski definition) is 0. The maximum absolute atomic E-state index is 4.47. The van der Waals surface area contributed by atoms with E-state index in [1.165, 1.54) is 30.5 Å². The molecule has 0 bridgehead atoms. The molecule has 1 aliphatic rings. The molecule has 1 aromatic carbocycles.